The largest absolute Gasteiger partial charge is 0.480 e. The lowest BCUT2D eigenvalue weighted by molar-refractivity contribution is -0.143. The zero-order valence-electron chi connectivity index (χ0n) is 19.3. The number of thiol groups is 1. The second-order valence-electron chi connectivity index (χ2n) is 8.80. The van der Waals surface area contributed by atoms with Crippen LogP contribution in [0, 0.1) is 5.92 Å². The first-order chi connectivity index (χ1) is 15.3. The van der Waals surface area contributed by atoms with Crippen molar-refractivity contribution in [3.8, 4) is 0 Å². The molecule has 180 valence electrons. The van der Waals surface area contributed by atoms with E-state index in [0.717, 1.165) is 5.56 Å². The van der Waals surface area contributed by atoms with E-state index in [4.69, 9.17) is 5.73 Å². The van der Waals surface area contributed by atoms with Crippen LogP contribution in [0.1, 0.15) is 31.4 Å². The molecule has 0 aliphatic carbocycles. The van der Waals surface area contributed by atoms with Gasteiger partial charge in [-0.15, -0.1) is 0 Å². The number of hydrogen-bond donors (Lipinski definition) is 5. The highest BCUT2D eigenvalue weighted by molar-refractivity contribution is 7.98. The molecule has 1 aromatic rings. The molecule has 2 rings (SSSR count). The molecule has 1 aromatic carbocycles. The van der Waals surface area contributed by atoms with Crippen molar-refractivity contribution in [1.82, 2.24) is 15.5 Å². The highest BCUT2D eigenvalue weighted by atomic mass is 32.2. The van der Waals surface area contributed by atoms with Gasteiger partial charge in [0.25, 0.3) is 0 Å². The van der Waals surface area contributed by atoms with E-state index in [2.05, 4.69) is 54.1 Å². The van der Waals surface area contributed by atoms with Crippen molar-refractivity contribution in [3.63, 3.8) is 0 Å². The van der Waals surface area contributed by atoms with Crippen molar-refractivity contribution in [2.75, 3.05) is 30.9 Å². The molecule has 32 heavy (non-hydrogen) atoms. The van der Waals surface area contributed by atoms with Gasteiger partial charge in [0.05, 0.1) is 6.04 Å². The standard InChI is InChI=1S/C23H38N4O3S2/c1-15(2)20(25-11-18(24)14-31)13-27-12-17-7-5-4-6-16(17)10-21(27)22(28)26-19(23(29)30)8-9-32-3/h4-7,15,18-21,25,31H,8-14,24H2,1-3H3,(H,26,28)(H,29,30)/t18?,19-,20-,21-/m1/s1. The molecule has 1 unspecified atom stereocenters. The third-order valence-electron chi connectivity index (χ3n) is 5.99. The van der Waals surface area contributed by atoms with Crippen LogP contribution < -0.4 is 16.4 Å². The van der Waals surface area contributed by atoms with E-state index in [-0.39, 0.29) is 18.0 Å². The fraction of sp³-hybridized carbons (Fsp3) is 0.652. The van der Waals surface area contributed by atoms with Crippen LogP contribution in [0.25, 0.3) is 0 Å². The number of nitrogens with zero attached hydrogens (tertiary/aromatic N) is 1. The summed E-state index contributed by atoms with van der Waals surface area (Å²) in [4.78, 5) is 27.1. The first-order valence-electron chi connectivity index (χ1n) is 11.2. The second kappa shape index (κ2) is 13.4. The average Bonchev–Trinajstić information content (AvgIpc) is 2.77. The Morgan fingerprint density at radius 3 is 2.59 bits per heavy atom. The van der Waals surface area contributed by atoms with Crippen molar-refractivity contribution in [2.45, 2.75) is 57.4 Å². The quantitative estimate of drug-likeness (QED) is 0.272. The molecule has 0 saturated heterocycles. The summed E-state index contributed by atoms with van der Waals surface area (Å²) < 4.78 is 0. The molecule has 0 saturated carbocycles. The number of carbonyl (C=O) groups is 2. The zero-order chi connectivity index (χ0) is 23.7. The van der Waals surface area contributed by atoms with Crippen molar-refractivity contribution < 1.29 is 14.7 Å². The van der Waals surface area contributed by atoms with Gasteiger partial charge in [-0.25, -0.2) is 4.79 Å². The zero-order valence-corrected chi connectivity index (χ0v) is 21.0. The van der Waals surface area contributed by atoms with E-state index in [9.17, 15) is 14.7 Å². The molecular formula is C23H38N4O3S2. The highest BCUT2D eigenvalue weighted by Crippen LogP contribution is 2.24. The van der Waals surface area contributed by atoms with Gasteiger partial charge in [-0.3, -0.25) is 9.69 Å². The number of carboxylic acid groups (broad SMARTS) is 1. The SMILES string of the molecule is CSCC[C@@H](NC(=O)[C@H]1Cc2ccccc2CN1C[C@@H](NCC(N)CS)C(C)C)C(=O)O. The van der Waals surface area contributed by atoms with Crippen LogP contribution in [0.15, 0.2) is 24.3 Å². The number of nitrogens with two attached hydrogens (primary N) is 1. The maximum atomic E-state index is 13.3. The molecule has 7 nitrogen and oxygen atoms in total. The van der Waals surface area contributed by atoms with Gasteiger partial charge in [-0.05, 0) is 41.9 Å². The first kappa shape index (κ1) is 27.0. The summed E-state index contributed by atoms with van der Waals surface area (Å²) in [6.07, 6.45) is 2.90. The van der Waals surface area contributed by atoms with Gasteiger partial charge in [0.15, 0.2) is 0 Å². The average molecular weight is 483 g/mol. The number of hydrogen-bond acceptors (Lipinski definition) is 7. The number of rotatable bonds is 13. The normalized spacial score (nSPS) is 19.2. The van der Waals surface area contributed by atoms with E-state index in [0.29, 0.717) is 49.9 Å². The Bertz CT molecular complexity index is 750. The first-order valence-corrected chi connectivity index (χ1v) is 13.2. The molecule has 9 heteroatoms. The topological polar surface area (TPSA) is 108 Å². The van der Waals surface area contributed by atoms with E-state index in [1.807, 2.05) is 18.4 Å². The molecule has 1 heterocycles. The maximum absolute atomic E-state index is 13.3. The van der Waals surface area contributed by atoms with E-state index in [1.165, 1.54) is 5.56 Å². The van der Waals surface area contributed by atoms with Crippen molar-refractivity contribution in [2.24, 2.45) is 11.7 Å². The van der Waals surface area contributed by atoms with Gasteiger partial charge in [-0.2, -0.15) is 24.4 Å². The monoisotopic (exact) mass is 482 g/mol. The number of fused-ring (bicyclic) bond motifs is 1. The van der Waals surface area contributed by atoms with Gasteiger partial charge < -0.3 is 21.5 Å². The van der Waals surface area contributed by atoms with Gasteiger partial charge in [0, 0.05) is 37.5 Å². The Morgan fingerprint density at radius 1 is 1.31 bits per heavy atom. The minimum absolute atomic E-state index is 0.0338. The molecule has 1 aliphatic heterocycles. The van der Waals surface area contributed by atoms with Crippen LogP contribution in [0.5, 0.6) is 0 Å². The molecule has 4 atom stereocenters. The molecule has 1 amide bonds. The van der Waals surface area contributed by atoms with Crippen LogP contribution in [-0.2, 0) is 22.6 Å². The minimum atomic E-state index is -0.988. The van der Waals surface area contributed by atoms with Gasteiger partial charge in [0.2, 0.25) is 5.91 Å². The summed E-state index contributed by atoms with van der Waals surface area (Å²) in [5.74, 6) is 0.419. The summed E-state index contributed by atoms with van der Waals surface area (Å²) in [6.45, 7) is 6.29. The fourth-order valence-corrected chi connectivity index (χ4v) is 4.52. The van der Waals surface area contributed by atoms with Crippen molar-refractivity contribution >= 4 is 36.3 Å². The summed E-state index contributed by atoms with van der Waals surface area (Å²) >= 11 is 5.84. The van der Waals surface area contributed by atoms with E-state index in [1.54, 1.807) is 11.8 Å². The Labute approximate surface area is 201 Å². The summed E-state index contributed by atoms with van der Waals surface area (Å²) in [6, 6.07) is 6.98. The lowest BCUT2D eigenvalue weighted by Gasteiger charge is -2.39. The molecule has 0 bridgehead atoms. The van der Waals surface area contributed by atoms with Gasteiger partial charge in [-0.1, -0.05) is 38.1 Å². The van der Waals surface area contributed by atoms with E-state index >= 15 is 0 Å². The van der Waals surface area contributed by atoms with Crippen LogP contribution in [0.3, 0.4) is 0 Å². The Hall–Kier alpha value is -1.26. The van der Waals surface area contributed by atoms with E-state index < -0.39 is 18.1 Å². The third-order valence-corrected chi connectivity index (χ3v) is 7.10. The number of carbonyl (C=O) groups excluding carboxylic acids is 1. The van der Waals surface area contributed by atoms with Gasteiger partial charge >= 0.3 is 5.97 Å². The molecule has 0 aromatic heterocycles. The second-order valence-corrected chi connectivity index (χ2v) is 10.2. The number of benzene rings is 1. The smallest absolute Gasteiger partial charge is 0.326 e. The number of amides is 1. The fourth-order valence-electron chi connectivity index (χ4n) is 3.92. The Balaban J connectivity index is 2.20. The number of thioether (sulfide) groups is 1. The Kier molecular flexibility index (Phi) is 11.3. The predicted octanol–water partition coefficient (Wildman–Crippen LogP) is 1.61. The predicted molar refractivity (Wildman–Crippen MR) is 135 cm³/mol. The Morgan fingerprint density at radius 2 is 2.00 bits per heavy atom. The molecule has 0 radical (unpaired) electrons. The lowest BCUT2D eigenvalue weighted by Crippen LogP contribution is -2.57. The van der Waals surface area contributed by atoms with Crippen molar-refractivity contribution in [1.29, 1.82) is 0 Å². The lowest BCUT2D eigenvalue weighted by atomic mass is 9.91. The number of nitrogens with one attached hydrogen (secondary N) is 2. The summed E-state index contributed by atoms with van der Waals surface area (Å²) in [7, 11) is 0. The van der Waals surface area contributed by atoms with Crippen LogP contribution >= 0.6 is 24.4 Å². The van der Waals surface area contributed by atoms with Gasteiger partial charge in [0.1, 0.15) is 6.04 Å². The number of carboxylic acids is 1. The van der Waals surface area contributed by atoms with Crippen LogP contribution in [0.4, 0.5) is 0 Å². The summed E-state index contributed by atoms with van der Waals surface area (Å²) in [5, 5.41) is 15.9. The minimum Gasteiger partial charge on any atom is -0.480 e. The van der Waals surface area contributed by atoms with Crippen LogP contribution in [-0.4, -0.2) is 76.9 Å². The van der Waals surface area contributed by atoms with Crippen LogP contribution in [0.2, 0.25) is 0 Å². The molecular weight excluding hydrogens is 444 g/mol. The third kappa shape index (κ3) is 7.95. The van der Waals surface area contributed by atoms with Crippen molar-refractivity contribution in [3.05, 3.63) is 35.4 Å². The molecule has 0 spiro atoms. The maximum Gasteiger partial charge on any atom is 0.326 e. The number of aliphatic carboxylic acids is 1. The molecule has 1 aliphatic rings. The molecule has 5 N–H and O–H groups in total. The molecule has 0 fully saturated rings. The summed E-state index contributed by atoms with van der Waals surface area (Å²) in [5.41, 5.74) is 8.40. The highest BCUT2D eigenvalue weighted by Gasteiger charge is 2.35.